The van der Waals surface area contributed by atoms with Gasteiger partial charge in [-0.15, -0.1) is 0 Å². The third-order valence-electron chi connectivity index (χ3n) is 13.9. The molecule has 0 spiro atoms. The van der Waals surface area contributed by atoms with E-state index in [1.165, 1.54) is 59.0 Å². The lowest BCUT2D eigenvalue weighted by Gasteiger charge is -2.34. The Morgan fingerprint density at radius 1 is 0.642 bits per heavy atom. The first-order chi connectivity index (χ1) is 38.0. The van der Waals surface area contributed by atoms with Crippen molar-refractivity contribution in [3.63, 3.8) is 0 Å². The molecule has 0 bridgehead atoms. The number of aromatic amines is 1. The third-order valence-corrected chi connectivity index (χ3v) is 13.9. The summed E-state index contributed by atoms with van der Waals surface area (Å²) in [6, 6.07) is -5.48. The average molecular weight is 1140 g/mol. The van der Waals surface area contributed by atoms with Crippen molar-refractivity contribution in [2.75, 3.05) is 32.8 Å². The van der Waals surface area contributed by atoms with Crippen molar-refractivity contribution in [1.29, 1.82) is 0 Å². The number of imidazole rings is 1. The van der Waals surface area contributed by atoms with Gasteiger partial charge in [0.15, 0.2) is 0 Å². The number of nitrogens with one attached hydrogen (secondary N) is 11. The van der Waals surface area contributed by atoms with Gasteiger partial charge in [0.25, 0.3) is 0 Å². The Morgan fingerprint density at radius 2 is 1.21 bits per heavy atom. The van der Waals surface area contributed by atoms with Crippen LogP contribution in [0.15, 0.2) is 12.5 Å². The van der Waals surface area contributed by atoms with Gasteiger partial charge in [-0.2, -0.15) is 0 Å². The molecular weight excluding hydrogens is 1040 g/mol. The molecule has 24 heteroatoms. The Bertz CT molecular complexity index is 2200. The number of hydrogen-bond acceptors (Lipinski definition) is 13. The second kappa shape index (κ2) is 35.0. The number of amides is 10. The number of hydrogen-bond donors (Lipinski definition) is 12. The molecule has 1 aromatic rings. The van der Waals surface area contributed by atoms with Crippen LogP contribution in [0.2, 0.25) is 0 Å². The van der Waals surface area contributed by atoms with Crippen molar-refractivity contribution in [3.8, 4) is 0 Å². The van der Waals surface area contributed by atoms with Crippen molar-refractivity contribution in [2.24, 2.45) is 11.8 Å². The predicted molar refractivity (Wildman–Crippen MR) is 308 cm³/mol. The molecule has 2 heterocycles. The van der Waals surface area contributed by atoms with Gasteiger partial charge in [0.2, 0.25) is 59.1 Å². The maximum Gasteiger partial charge on any atom is 0.246 e. The van der Waals surface area contributed by atoms with Crippen molar-refractivity contribution >= 4 is 59.1 Å². The van der Waals surface area contributed by atoms with Gasteiger partial charge in [-0.05, 0) is 98.8 Å². The van der Waals surface area contributed by atoms with Crippen LogP contribution in [0.4, 0.5) is 0 Å². The zero-order valence-electron chi connectivity index (χ0n) is 50.8. The summed E-state index contributed by atoms with van der Waals surface area (Å²) >= 11 is 0. The standard InChI is InChI=1S/C57H101N13O11/c1-14-16-17-18-19-20-23-40(48(75)63-42(31-37(5)6)49(76)67-55(8,9)52(79)66-41(30-36(3)4)47(74)60-26-25-45(72)62-38(7)33-58-27-29-71)65-53(80)56(10,11)69-54(81)57(12,13)68-50(77)43(32-39-34-59-35-61-39)64-51(78)44-24-21-28-70(44)46(73)22-15-2/h34-38,40-44,58,71H,14-33H2,1-13H3,(H,59,61)(H,60,74)(H,62,72)(H,63,75)(H,64,78)(H,65,80)(H,66,79)(H,67,76)(H,68,77)(H,69,81)/t38-,40-,41-,42-,43-,44-/m0/s1. The van der Waals surface area contributed by atoms with Crippen LogP contribution in [-0.2, 0) is 54.4 Å². The second-order valence-corrected chi connectivity index (χ2v) is 24.0. The first-order valence-corrected chi connectivity index (χ1v) is 29.3. The summed E-state index contributed by atoms with van der Waals surface area (Å²) in [6.07, 6.45) is 10.8. The number of likely N-dealkylation sites (tertiary alicyclic amines) is 1. The van der Waals surface area contributed by atoms with E-state index in [-0.39, 0.29) is 81.4 Å². The van der Waals surface area contributed by atoms with Gasteiger partial charge in [-0.3, -0.25) is 47.9 Å². The smallest absolute Gasteiger partial charge is 0.246 e. The molecule has 24 nitrogen and oxygen atoms in total. The minimum Gasteiger partial charge on any atom is -0.395 e. The Hall–Kier alpha value is -6.17. The molecule has 81 heavy (non-hydrogen) atoms. The van der Waals surface area contributed by atoms with Crippen molar-refractivity contribution in [3.05, 3.63) is 18.2 Å². The fourth-order valence-corrected chi connectivity index (χ4v) is 9.16. The summed E-state index contributed by atoms with van der Waals surface area (Å²) in [5.74, 6) is -5.76. The van der Waals surface area contributed by atoms with Crippen molar-refractivity contribution in [2.45, 2.75) is 239 Å². The van der Waals surface area contributed by atoms with Crippen molar-refractivity contribution < 1.29 is 53.1 Å². The molecule has 2 rings (SSSR count). The zero-order valence-corrected chi connectivity index (χ0v) is 50.8. The number of rotatable bonds is 38. The lowest BCUT2D eigenvalue weighted by Crippen LogP contribution is -2.66. The SMILES string of the molecule is CCCCCCCC[C@H](NC(=O)C(C)(C)NC(=O)C(C)(C)NC(=O)[C@H](Cc1cnc[nH]1)NC(=O)[C@@H]1CCCN1C(=O)CCC)C(=O)N[C@@H](CC(C)C)C(=O)NC(C)(C)C(=O)N[C@@H](CC(C)C)C(=O)NCCC(=O)N[C@@H](C)CNCCO. The molecule has 0 aromatic carbocycles. The number of carbonyl (C=O) groups excluding carboxylic acids is 10. The van der Waals surface area contributed by atoms with E-state index in [9.17, 15) is 47.9 Å². The van der Waals surface area contributed by atoms with Gasteiger partial charge < -0.3 is 68.2 Å². The maximum absolute atomic E-state index is 14.4. The fourth-order valence-electron chi connectivity index (χ4n) is 9.16. The van der Waals surface area contributed by atoms with Crippen LogP contribution < -0.4 is 53.2 Å². The molecule has 1 saturated heterocycles. The molecule has 0 aliphatic carbocycles. The maximum atomic E-state index is 14.4. The molecule has 0 saturated carbocycles. The molecule has 6 atom stereocenters. The van der Waals surface area contributed by atoms with Crippen LogP contribution in [-0.4, -0.2) is 165 Å². The van der Waals surface area contributed by atoms with E-state index in [1.807, 2.05) is 41.5 Å². The predicted octanol–water partition coefficient (Wildman–Crippen LogP) is 1.80. The highest BCUT2D eigenvalue weighted by molar-refractivity contribution is 6.00. The normalized spacial score (nSPS) is 15.6. The van der Waals surface area contributed by atoms with Gasteiger partial charge in [0.1, 0.15) is 46.8 Å². The number of nitrogens with zero attached hydrogens (tertiary/aromatic N) is 2. The first kappa shape index (κ1) is 70.9. The lowest BCUT2D eigenvalue weighted by molar-refractivity contribution is -0.140. The summed E-state index contributed by atoms with van der Waals surface area (Å²) in [7, 11) is 0. The van der Waals surface area contributed by atoms with Gasteiger partial charge in [-0.25, -0.2) is 4.98 Å². The topological polar surface area (TPSA) is 343 Å². The third kappa shape index (κ3) is 25.7. The minimum atomic E-state index is -1.66. The highest BCUT2D eigenvalue weighted by Gasteiger charge is 2.42. The quantitative estimate of drug-likeness (QED) is 0.0421. The molecule has 1 fully saturated rings. The van der Waals surface area contributed by atoms with Crippen LogP contribution >= 0.6 is 0 Å². The van der Waals surface area contributed by atoms with E-state index < -0.39 is 94.1 Å². The number of H-pyrrole nitrogens is 1. The van der Waals surface area contributed by atoms with Gasteiger partial charge in [0, 0.05) is 63.4 Å². The summed E-state index contributed by atoms with van der Waals surface area (Å²) in [5, 5.41) is 36.9. The molecule has 0 radical (unpaired) electrons. The number of aliphatic hydroxyl groups excluding tert-OH is 1. The first-order valence-electron chi connectivity index (χ1n) is 29.3. The monoisotopic (exact) mass is 1140 g/mol. The highest BCUT2D eigenvalue weighted by Crippen LogP contribution is 2.21. The van der Waals surface area contributed by atoms with E-state index in [0.717, 1.165) is 32.1 Å². The number of carbonyl (C=O) groups is 10. The molecule has 12 N–H and O–H groups in total. The van der Waals surface area contributed by atoms with Crippen LogP contribution in [0.5, 0.6) is 0 Å². The second-order valence-electron chi connectivity index (χ2n) is 24.0. The van der Waals surface area contributed by atoms with E-state index in [4.69, 9.17) is 5.11 Å². The highest BCUT2D eigenvalue weighted by atomic mass is 16.3. The van der Waals surface area contributed by atoms with Gasteiger partial charge in [-0.1, -0.05) is 80.1 Å². The van der Waals surface area contributed by atoms with Gasteiger partial charge >= 0.3 is 0 Å². The number of unbranched alkanes of at least 4 members (excludes halogenated alkanes) is 5. The summed E-state index contributed by atoms with van der Waals surface area (Å²) in [4.78, 5) is 146. The van der Waals surface area contributed by atoms with E-state index in [1.54, 1.807) is 0 Å². The van der Waals surface area contributed by atoms with Crippen LogP contribution in [0.1, 0.15) is 186 Å². The van der Waals surface area contributed by atoms with E-state index in [2.05, 4.69) is 70.1 Å². The van der Waals surface area contributed by atoms with Crippen LogP contribution in [0.25, 0.3) is 0 Å². The van der Waals surface area contributed by atoms with E-state index >= 15 is 0 Å². The molecule has 1 aliphatic heterocycles. The Labute approximate surface area is 480 Å². The molecule has 10 amide bonds. The van der Waals surface area contributed by atoms with Crippen LogP contribution in [0.3, 0.4) is 0 Å². The summed E-state index contributed by atoms with van der Waals surface area (Å²) < 4.78 is 0. The van der Waals surface area contributed by atoms with Gasteiger partial charge in [0.05, 0.1) is 12.9 Å². The Morgan fingerprint density at radius 3 is 1.79 bits per heavy atom. The zero-order chi connectivity index (χ0) is 61.1. The lowest BCUT2D eigenvalue weighted by atomic mass is 9.96. The number of aliphatic hydroxyl groups is 1. The summed E-state index contributed by atoms with van der Waals surface area (Å²) in [6.45, 7) is 23.3. The molecule has 1 aliphatic rings. The average Bonchev–Trinajstić information content (AvgIpc) is 4.11. The Balaban J connectivity index is 2.26. The molecule has 460 valence electrons. The minimum absolute atomic E-state index is 0.00889. The number of aromatic nitrogens is 2. The van der Waals surface area contributed by atoms with Crippen LogP contribution in [0, 0.1) is 11.8 Å². The fraction of sp³-hybridized carbons (Fsp3) is 0.772. The molecule has 0 unspecified atom stereocenters. The van der Waals surface area contributed by atoms with Crippen molar-refractivity contribution in [1.82, 2.24) is 68.0 Å². The summed E-state index contributed by atoms with van der Waals surface area (Å²) in [5.41, 5.74) is -4.37. The largest absolute Gasteiger partial charge is 0.395 e. The molecule has 1 aromatic heterocycles. The Kier molecular flexibility index (Phi) is 30.6. The molecular formula is C57H101N13O11. The van der Waals surface area contributed by atoms with E-state index in [0.29, 0.717) is 51.0 Å².